The standard InChI is InChI=1S/C16H21N3O2/c1-9-2-4-10(5-3-9)14(17)11-6-7-12-13(8-11)19-16(21)15(20)18-12/h6-10,14H,2-5,17H2,1H3,(H,18,20)(H,19,21). The van der Waals surface area contributed by atoms with Crippen molar-refractivity contribution >= 4 is 11.0 Å². The smallest absolute Gasteiger partial charge is 0.314 e. The number of hydrogen-bond donors (Lipinski definition) is 3. The van der Waals surface area contributed by atoms with E-state index in [9.17, 15) is 9.59 Å². The molecule has 0 spiro atoms. The molecule has 1 unspecified atom stereocenters. The first-order valence-electron chi connectivity index (χ1n) is 7.56. The first-order chi connectivity index (χ1) is 10.0. The molecule has 1 aliphatic carbocycles. The minimum atomic E-state index is -0.625. The van der Waals surface area contributed by atoms with Crippen LogP contribution in [0.1, 0.15) is 44.2 Å². The highest BCUT2D eigenvalue weighted by Gasteiger charge is 2.24. The average Bonchev–Trinajstić information content (AvgIpc) is 2.48. The van der Waals surface area contributed by atoms with E-state index in [4.69, 9.17) is 5.73 Å². The van der Waals surface area contributed by atoms with Crippen LogP contribution in [-0.4, -0.2) is 9.97 Å². The maximum Gasteiger partial charge on any atom is 0.314 e. The van der Waals surface area contributed by atoms with Gasteiger partial charge in [-0.1, -0.05) is 25.8 Å². The topological polar surface area (TPSA) is 91.7 Å². The zero-order valence-corrected chi connectivity index (χ0v) is 12.2. The fourth-order valence-corrected chi connectivity index (χ4v) is 3.26. The Kier molecular flexibility index (Phi) is 3.68. The van der Waals surface area contributed by atoms with Crippen LogP contribution in [0.3, 0.4) is 0 Å². The fraction of sp³-hybridized carbons (Fsp3) is 0.500. The average molecular weight is 287 g/mol. The lowest BCUT2D eigenvalue weighted by Crippen LogP contribution is -2.29. The number of aromatic nitrogens is 2. The van der Waals surface area contributed by atoms with Crippen LogP contribution in [0.15, 0.2) is 27.8 Å². The van der Waals surface area contributed by atoms with E-state index in [2.05, 4.69) is 16.9 Å². The second-order valence-corrected chi connectivity index (χ2v) is 6.26. The SMILES string of the molecule is CC1CCC(C(N)c2ccc3[nH]c(=O)c(=O)[nH]c3c2)CC1. The third kappa shape index (κ3) is 2.78. The third-order valence-corrected chi connectivity index (χ3v) is 4.70. The van der Waals surface area contributed by atoms with E-state index in [1.807, 2.05) is 18.2 Å². The molecule has 0 saturated heterocycles. The van der Waals surface area contributed by atoms with Crippen molar-refractivity contribution in [2.24, 2.45) is 17.6 Å². The second-order valence-electron chi connectivity index (χ2n) is 6.26. The summed E-state index contributed by atoms with van der Waals surface area (Å²) in [6.07, 6.45) is 4.78. The lowest BCUT2D eigenvalue weighted by Gasteiger charge is -2.30. The summed E-state index contributed by atoms with van der Waals surface area (Å²) >= 11 is 0. The van der Waals surface area contributed by atoms with E-state index in [-0.39, 0.29) is 6.04 Å². The molecule has 1 aliphatic rings. The van der Waals surface area contributed by atoms with Crippen LogP contribution in [-0.2, 0) is 0 Å². The lowest BCUT2D eigenvalue weighted by atomic mass is 9.77. The van der Waals surface area contributed by atoms with Crippen molar-refractivity contribution in [3.05, 3.63) is 44.5 Å². The van der Waals surface area contributed by atoms with Gasteiger partial charge in [0, 0.05) is 6.04 Å². The minimum Gasteiger partial charge on any atom is -0.324 e. The van der Waals surface area contributed by atoms with Crippen molar-refractivity contribution in [1.82, 2.24) is 9.97 Å². The van der Waals surface area contributed by atoms with E-state index in [1.54, 1.807) is 0 Å². The first kappa shape index (κ1) is 14.1. The van der Waals surface area contributed by atoms with Gasteiger partial charge >= 0.3 is 11.1 Å². The molecule has 2 aromatic rings. The molecule has 0 amide bonds. The summed E-state index contributed by atoms with van der Waals surface area (Å²) in [7, 11) is 0. The predicted molar refractivity (Wildman–Crippen MR) is 83.2 cm³/mol. The van der Waals surface area contributed by atoms with Crippen molar-refractivity contribution in [3.8, 4) is 0 Å². The molecule has 3 rings (SSSR count). The molecule has 5 heteroatoms. The van der Waals surface area contributed by atoms with Gasteiger partial charge < -0.3 is 15.7 Å². The largest absolute Gasteiger partial charge is 0.324 e. The van der Waals surface area contributed by atoms with E-state index in [0.717, 1.165) is 24.3 Å². The van der Waals surface area contributed by atoms with E-state index in [1.165, 1.54) is 12.8 Å². The number of nitrogens with two attached hydrogens (primary N) is 1. The van der Waals surface area contributed by atoms with Crippen LogP contribution >= 0.6 is 0 Å². The Morgan fingerprint density at radius 1 is 1.05 bits per heavy atom. The van der Waals surface area contributed by atoms with Gasteiger partial charge in [0.1, 0.15) is 0 Å². The van der Waals surface area contributed by atoms with Crippen molar-refractivity contribution in [1.29, 1.82) is 0 Å². The van der Waals surface area contributed by atoms with Gasteiger partial charge in [-0.05, 0) is 42.4 Å². The van der Waals surface area contributed by atoms with Gasteiger partial charge in [0.25, 0.3) is 0 Å². The van der Waals surface area contributed by atoms with Gasteiger partial charge in [0.05, 0.1) is 11.0 Å². The number of rotatable bonds is 2. The molecule has 0 aliphatic heterocycles. The summed E-state index contributed by atoms with van der Waals surface area (Å²) in [6, 6.07) is 5.62. The number of fused-ring (bicyclic) bond motifs is 1. The summed E-state index contributed by atoms with van der Waals surface area (Å²) in [5.74, 6) is 1.29. The van der Waals surface area contributed by atoms with Gasteiger partial charge in [0.2, 0.25) is 0 Å². The van der Waals surface area contributed by atoms with Crippen molar-refractivity contribution in [2.45, 2.75) is 38.6 Å². The molecule has 112 valence electrons. The second kappa shape index (κ2) is 5.48. The molecule has 1 fully saturated rings. The summed E-state index contributed by atoms with van der Waals surface area (Å²) in [5.41, 5.74) is 7.45. The number of nitrogens with one attached hydrogen (secondary N) is 2. The Bertz CT molecular complexity index is 754. The number of aromatic amines is 2. The highest BCUT2D eigenvalue weighted by molar-refractivity contribution is 5.74. The van der Waals surface area contributed by atoms with Gasteiger partial charge in [0.15, 0.2) is 0 Å². The van der Waals surface area contributed by atoms with Gasteiger partial charge in [-0.2, -0.15) is 0 Å². The molecule has 5 nitrogen and oxygen atoms in total. The van der Waals surface area contributed by atoms with Crippen molar-refractivity contribution in [3.63, 3.8) is 0 Å². The molecule has 0 bridgehead atoms. The number of benzene rings is 1. The Labute approximate surface area is 122 Å². The van der Waals surface area contributed by atoms with Gasteiger partial charge in [-0.3, -0.25) is 9.59 Å². The quantitative estimate of drug-likeness (QED) is 0.738. The summed E-state index contributed by atoms with van der Waals surface area (Å²) in [5, 5.41) is 0. The molecule has 1 aromatic carbocycles. The Morgan fingerprint density at radius 3 is 2.33 bits per heavy atom. The normalized spacial score (nSPS) is 24.1. The summed E-state index contributed by atoms with van der Waals surface area (Å²) in [6.45, 7) is 2.29. The molecule has 21 heavy (non-hydrogen) atoms. The predicted octanol–water partition coefficient (Wildman–Crippen LogP) is 2.04. The number of H-pyrrole nitrogens is 2. The van der Waals surface area contributed by atoms with Gasteiger partial charge in [-0.25, -0.2) is 0 Å². The minimum absolute atomic E-state index is 0.0164. The van der Waals surface area contributed by atoms with Crippen LogP contribution in [0, 0.1) is 11.8 Å². The molecule has 1 aromatic heterocycles. The lowest BCUT2D eigenvalue weighted by molar-refractivity contribution is 0.256. The molecule has 1 heterocycles. The molecule has 1 atom stereocenters. The summed E-state index contributed by atoms with van der Waals surface area (Å²) < 4.78 is 0. The highest BCUT2D eigenvalue weighted by Crippen LogP contribution is 2.35. The molecule has 1 saturated carbocycles. The maximum absolute atomic E-state index is 11.4. The maximum atomic E-state index is 11.4. The monoisotopic (exact) mass is 287 g/mol. The molecular formula is C16H21N3O2. The van der Waals surface area contributed by atoms with Crippen LogP contribution in [0.25, 0.3) is 11.0 Å². The Hall–Kier alpha value is -1.88. The van der Waals surface area contributed by atoms with Crippen LogP contribution in [0.4, 0.5) is 0 Å². The molecule has 0 radical (unpaired) electrons. The zero-order valence-electron chi connectivity index (χ0n) is 12.2. The van der Waals surface area contributed by atoms with Crippen LogP contribution < -0.4 is 16.9 Å². The first-order valence-corrected chi connectivity index (χ1v) is 7.56. The Balaban J connectivity index is 1.91. The third-order valence-electron chi connectivity index (χ3n) is 4.70. The highest BCUT2D eigenvalue weighted by atomic mass is 16.2. The van der Waals surface area contributed by atoms with Crippen LogP contribution in [0.2, 0.25) is 0 Å². The molecular weight excluding hydrogens is 266 g/mol. The summed E-state index contributed by atoms with van der Waals surface area (Å²) in [4.78, 5) is 27.9. The van der Waals surface area contributed by atoms with Crippen LogP contribution in [0.5, 0.6) is 0 Å². The van der Waals surface area contributed by atoms with E-state index >= 15 is 0 Å². The van der Waals surface area contributed by atoms with Crippen molar-refractivity contribution in [2.75, 3.05) is 0 Å². The fourth-order valence-electron chi connectivity index (χ4n) is 3.26. The molecule has 4 N–H and O–H groups in total. The van der Waals surface area contributed by atoms with Crippen molar-refractivity contribution < 1.29 is 0 Å². The zero-order chi connectivity index (χ0) is 15.0. The van der Waals surface area contributed by atoms with E-state index in [0.29, 0.717) is 17.0 Å². The number of hydrogen-bond acceptors (Lipinski definition) is 3. The van der Waals surface area contributed by atoms with E-state index < -0.39 is 11.1 Å². The van der Waals surface area contributed by atoms with Gasteiger partial charge in [-0.15, -0.1) is 0 Å². The Morgan fingerprint density at radius 2 is 1.67 bits per heavy atom.